The van der Waals surface area contributed by atoms with E-state index < -0.39 is 0 Å². The predicted molar refractivity (Wildman–Crippen MR) is 124 cm³/mol. The molecule has 0 aromatic carbocycles. The van der Waals surface area contributed by atoms with E-state index in [1.807, 2.05) is 19.2 Å². The van der Waals surface area contributed by atoms with Gasteiger partial charge in [0.1, 0.15) is 5.82 Å². The molecule has 0 aromatic rings. The monoisotopic (exact) mass is 403 g/mol. The molecule has 0 saturated heterocycles. The number of rotatable bonds is 10. The number of allylic oxidation sites excluding steroid dienone is 4. The lowest BCUT2D eigenvalue weighted by Gasteiger charge is -2.24. The Morgan fingerprint density at radius 2 is 1.89 bits per heavy atom. The van der Waals surface area contributed by atoms with E-state index in [0.717, 1.165) is 30.0 Å². The molecular formula is C24H38ClN3. The molecule has 0 amide bonds. The molecule has 0 spiro atoms. The molecule has 28 heavy (non-hydrogen) atoms. The summed E-state index contributed by atoms with van der Waals surface area (Å²) < 4.78 is 0. The molecule has 0 aromatic heterocycles. The molecule has 0 aliphatic heterocycles. The highest BCUT2D eigenvalue weighted by atomic mass is 35.5. The summed E-state index contributed by atoms with van der Waals surface area (Å²) >= 11 is 6.62. The van der Waals surface area contributed by atoms with Crippen LogP contribution in [0, 0.1) is 5.92 Å². The fourth-order valence-electron chi connectivity index (χ4n) is 3.57. The van der Waals surface area contributed by atoms with E-state index in [-0.39, 0.29) is 6.04 Å². The summed E-state index contributed by atoms with van der Waals surface area (Å²) in [6, 6.07) is 0.766. The summed E-state index contributed by atoms with van der Waals surface area (Å²) in [5.74, 6) is 1.51. The summed E-state index contributed by atoms with van der Waals surface area (Å²) in [6.07, 6.45) is 15.0. The Morgan fingerprint density at radius 3 is 2.46 bits per heavy atom. The van der Waals surface area contributed by atoms with Gasteiger partial charge in [0.05, 0.1) is 10.7 Å². The Morgan fingerprint density at radius 1 is 1.21 bits per heavy atom. The molecule has 0 heterocycles. The molecular weight excluding hydrogens is 366 g/mol. The highest BCUT2D eigenvalue weighted by molar-refractivity contribution is 6.48. The van der Waals surface area contributed by atoms with Crippen molar-refractivity contribution in [2.75, 3.05) is 0 Å². The standard InChI is InChI=1S/C24H38ClN3/c1-6-18(4)26-16-22(17(3)15-20-13-14-20)24(23(25)7-2)28-19(5)27-21-11-9-8-10-12-21/h7,16,18,20-21,27H,5-6,8-15H2,1-4H3/b22-17-,23-7+,26-16?,28-24-. The molecule has 3 nitrogen and oxygen atoms in total. The molecule has 0 bridgehead atoms. The number of halogens is 1. The normalized spacial score (nSPS) is 21.6. The Kier molecular flexibility index (Phi) is 9.50. The van der Waals surface area contributed by atoms with E-state index in [2.05, 4.69) is 32.7 Å². The van der Waals surface area contributed by atoms with Gasteiger partial charge in [0.2, 0.25) is 0 Å². The van der Waals surface area contributed by atoms with E-state index in [1.165, 1.54) is 50.5 Å². The Balaban J connectivity index is 2.30. The minimum atomic E-state index is 0.290. The van der Waals surface area contributed by atoms with Gasteiger partial charge in [-0.25, -0.2) is 4.99 Å². The highest BCUT2D eigenvalue weighted by Gasteiger charge is 2.24. The van der Waals surface area contributed by atoms with Gasteiger partial charge in [-0.3, -0.25) is 4.99 Å². The van der Waals surface area contributed by atoms with Crippen molar-refractivity contribution in [3.8, 4) is 0 Å². The lowest BCUT2D eigenvalue weighted by Crippen LogP contribution is -2.30. The van der Waals surface area contributed by atoms with Gasteiger partial charge in [0.15, 0.2) is 0 Å². The fourth-order valence-corrected chi connectivity index (χ4v) is 3.72. The van der Waals surface area contributed by atoms with Gasteiger partial charge >= 0.3 is 0 Å². The van der Waals surface area contributed by atoms with Crippen molar-refractivity contribution in [2.45, 2.75) is 97.6 Å². The summed E-state index contributed by atoms with van der Waals surface area (Å²) in [5, 5.41) is 4.18. The van der Waals surface area contributed by atoms with E-state index in [9.17, 15) is 0 Å². The predicted octanol–water partition coefficient (Wildman–Crippen LogP) is 6.95. The first-order valence-electron chi connectivity index (χ1n) is 11.0. The van der Waals surface area contributed by atoms with Crippen molar-refractivity contribution < 1.29 is 0 Å². The quantitative estimate of drug-likeness (QED) is 0.393. The lowest BCUT2D eigenvalue weighted by atomic mass is 9.95. The highest BCUT2D eigenvalue weighted by Crippen LogP contribution is 2.36. The van der Waals surface area contributed by atoms with Crippen molar-refractivity contribution in [1.29, 1.82) is 0 Å². The van der Waals surface area contributed by atoms with Gasteiger partial charge in [0.25, 0.3) is 0 Å². The Labute approximate surface area is 177 Å². The fraction of sp³-hybridized carbons (Fsp3) is 0.667. The lowest BCUT2D eigenvalue weighted by molar-refractivity contribution is 0.396. The number of nitrogens with zero attached hydrogens (tertiary/aromatic N) is 2. The summed E-state index contributed by atoms with van der Waals surface area (Å²) in [7, 11) is 0. The first-order valence-corrected chi connectivity index (χ1v) is 11.4. The second kappa shape index (κ2) is 11.6. The van der Waals surface area contributed by atoms with Crippen LogP contribution in [0.25, 0.3) is 0 Å². The second-order valence-electron chi connectivity index (χ2n) is 8.40. The van der Waals surface area contributed by atoms with Crippen LogP contribution < -0.4 is 5.32 Å². The van der Waals surface area contributed by atoms with Crippen molar-refractivity contribution >= 4 is 23.5 Å². The van der Waals surface area contributed by atoms with Gasteiger partial charge in [-0.15, -0.1) is 0 Å². The Bertz CT molecular complexity index is 647. The van der Waals surface area contributed by atoms with E-state index in [4.69, 9.17) is 21.6 Å². The van der Waals surface area contributed by atoms with Gasteiger partial charge in [-0.2, -0.15) is 0 Å². The third-order valence-corrected chi connectivity index (χ3v) is 6.16. The molecule has 1 N–H and O–H groups in total. The van der Waals surface area contributed by atoms with Gasteiger partial charge in [-0.1, -0.05) is 56.0 Å². The summed E-state index contributed by atoms with van der Waals surface area (Å²) in [5.41, 5.74) is 3.17. The van der Waals surface area contributed by atoms with Crippen LogP contribution in [0.4, 0.5) is 0 Å². The van der Waals surface area contributed by atoms with Crippen molar-refractivity contribution in [3.05, 3.63) is 34.7 Å². The molecule has 1 unspecified atom stereocenters. The number of aliphatic imine (C=N–C) groups is 2. The molecule has 2 aliphatic rings. The first kappa shape index (κ1) is 22.9. The molecule has 156 valence electrons. The van der Waals surface area contributed by atoms with Crippen molar-refractivity contribution in [3.63, 3.8) is 0 Å². The molecule has 4 heteroatoms. The average molecular weight is 404 g/mol. The number of hydrogen-bond acceptors (Lipinski definition) is 3. The number of hydrogen-bond donors (Lipinski definition) is 1. The molecule has 0 radical (unpaired) electrons. The van der Waals surface area contributed by atoms with Crippen LogP contribution in [-0.4, -0.2) is 24.0 Å². The second-order valence-corrected chi connectivity index (χ2v) is 8.81. The number of nitrogens with one attached hydrogen (secondary N) is 1. The van der Waals surface area contributed by atoms with Crippen LogP contribution in [0.5, 0.6) is 0 Å². The summed E-state index contributed by atoms with van der Waals surface area (Å²) in [6.45, 7) is 12.6. The van der Waals surface area contributed by atoms with Crippen LogP contribution in [0.1, 0.15) is 85.5 Å². The maximum Gasteiger partial charge on any atom is 0.119 e. The molecule has 1 atom stereocenters. The van der Waals surface area contributed by atoms with Crippen LogP contribution in [-0.2, 0) is 0 Å². The third kappa shape index (κ3) is 7.58. The van der Waals surface area contributed by atoms with Crippen molar-refractivity contribution in [1.82, 2.24) is 5.32 Å². The molecule has 2 saturated carbocycles. The zero-order chi connectivity index (χ0) is 20.5. The zero-order valence-corrected chi connectivity index (χ0v) is 19.0. The zero-order valence-electron chi connectivity index (χ0n) is 18.2. The minimum absolute atomic E-state index is 0.290. The topological polar surface area (TPSA) is 36.8 Å². The smallest absolute Gasteiger partial charge is 0.119 e. The third-order valence-electron chi connectivity index (χ3n) is 5.76. The first-order chi connectivity index (χ1) is 13.4. The Hall–Kier alpha value is -1.35. The van der Waals surface area contributed by atoms with Crippen LogP contribution in [0.2, 0.25) is 0 Å². The van der Waals surface area contributed by atoms with Gasteiger partial charge < -0.3 is 5.32 Å². The maximum atomic E-state index is 6.62. The van der Waals surface area contributed by atoms with Crippen LogP contribution in [0.3, 0.4) is 0 Å². The van der Waals surface area contributed by atoms with Crippen LogP contribution >= 0.6 is 11.6 Å². The van der Waals surface area contributed by atoms with Crippen molar-refractivity contribution in [2.24, 2.45) is 15.9 Å². The van der Waals surface area contributed by atoms with Crippen LogP contribution in [0.15, 0.2) is 44.6 Å². The van der Waals surface area contributed by atoms with Gasteiger partial charge in [0, 0.05) is 23.9 Å². The maximum absolute atomic E-state index is 6.62. The van der Waals surface area contributed by atoms with E-state index in [0.29, 0.717) is 16.9 Å². The van der Waals surface area contributed by atoms with Gasteiger partial charge in [-0.05, 0) is 65.2 Å². The van der Waals surface area contributed by atoms with E-state index in [1.54, 1.807) is 0 Å². The SMILES string of the molecule is C=C(/N=C(C(/C=NC(C)CC)=C(/C)CC1CC1)\C(Cl)=C/C)NC1CCCCC1. The molecule has 2 fully saturated rings. The van der Waals surface area contributed by atoms with E-state index >= 15 is 0 Å². The minimum Gasteiger partial charge on any atom is -0.368 e. The largest absolute Gasteiger partial charge is 0.368 e. The average Bonchev–Trinajstić information content (AvgIpc) is 3.51. The summed E-state index contributed by atoms with van der Waals surface area (Å²) in [4.78, 5) is 9.61. The molecule has 2 aliphatic carbocycles. The molecule has 2 rings (SSSR count).